The summed E-state index contributed by atoms with van der Waals surface area (Å²) in [5, 5.41) is 3.47. The molecule has 0 aliphatic carbocycles. The molecule has 1 aliphatic rings. The van der Waals surface area contributed by atoms with Crippen molar-refractivity contribution in [1.29, 1.82) is 0 Å². The molecule has 21 heavy (non-hydrogen) atoms. The molecule has 5 heteroatoms. The summed E-state index contributed by atoms with van der Waals surface area (Å²) in [4.78, 5) is 14.3. The number of aryl methyl sites for hydroxylation is 1. The highest BCUT2D eigenvalue weighted by atomic mass is 35.5. The number of nitrogens with zero attached hydrogens (tertiary/aromatic N) is 1. The summed E-state index contributed by atoms with van der Waals surface area (Å²) in [6.07, 6.45) is 2.29. The van der Waals surface area contributed by atoms with Crippen LogP contribution in [0, 0.1) is 12.8 Å². The van der Waals surface area contributed by atoms with Gasteiger partial charge in [-0.25, -0.2) is 0 Å². The van der Waals surface area contributed by atoms with Crippen LogP contribution in [-0.4, -0.2) is 44.2 Å². The number of piperidine rings is 1. The van der Waals surface area contributed by atoms with Crippen molar-refractivity contribution in [3.8, 4) is 0 Å². The summed E-state index contributed by atoms with van der Waals surface area (Å²) in [6.45, 7) is 5.03. The quantitative estimate of drug-likeness (QED) is 0.909. The maximum atomic E-state index is 12.1. The van der Waals surface area contributed by atoms with Crippen LogP contribution >= 0.6 is 11.6 Å². The van der Waals surface area contributed by atoms with Gasteiger partial charge in [0.25, 0.3) is 0 Å². The summed E-state index contributed by atoms with van der Waals surface area (Å²) in [6, 6.07) is 5.64. The van der Waals surface area contributed by atoms with Crippen molar-refractivity contribution >= 4 is 23.2 Å². The fourth-order valence-electron chi connectivity index (χ4n) is 2.78. The number of hydrogen-bond acceptors (Lipinski definition) is 3. The van der Waals surface area contributed by atoms with Gasteiger partial charge in [-0.2, -0.15) is 0 Å². The smallest absolute Gasteiger partial charge is 0.238 e. The van der Waals surface area contributed by atoms with Gasteiger partial charge in [0.05, 0.1) is 23.9 Å². The first kappa shape index (κ1) is 16.3. The lowest BCUT2D eigenvalue weighted by molar-refractivity contribution is -0.117. The van der Waals surface area contributed by atoms with Crippen molar-refractivity contribution in [2.24, 2.45) is 5.92 Å². The van der Waals surface area contributed by atoms with Gasteiger partial charge in [-0.1, -0.05) is 17.7 Å². The van der Waals surface area contributed by atoms with Gasteiger partial charge in [-0.05, 0) is 49.9 Å². The van der Waals surface area contributed by atoms with Crippen LogP contribution in [0.1, 0.15) is 18.4 Å². The van der Waals surface area contributed by atoms with Crippen molar-refractivity contribution in [1.82, 2.24) is 4.90 Å². The first-order chi connectivity index (χ1) is 10.1. The summed E-state index contributed by atoms with van der Waals surface area (Å²) in [5.41, 5.74) is 1.76. The third kappa shape index (κ3) is 4.99. The third-order valence-corrected chi connectivity index (χ3v) is 4.08. The number of halogens is 1. The standard InChI is InChI=1S/C16H23ClN2O2/c1-12-5-6-15(14(17)8-12)18-16(20)10-19-7-3-4-13(9-19)11-21-2/h5-6,8,13H,3-4,7,9-11H2,1-2H3,(H,18,20)/t13-/m1/s1. The van der Waals surface area contributed by atoms with E-state index in [4.69, 9.17) is 16.3 Å². The number of benzene rings is 1. The SMILES string of the molecule is COC[C@@H]1CCCN(CC(=O)Nc2ccc(C)cc2Cl)C1. The van der Waals surface area contributed by atoms with Gasteiger partial charge >= 0.3 is 0 Å². The molecule has 0 unspecified atom stereocenters. The first-order valence-corrected chi connectivity index (χ1v) is 7.73. The number of anilines is 1. The minimum absolute atomic E-state index is 0.0150. The molecule has 0 aromatic heterocycles. The molecule has 4 nitrogen and oxygen atoms in total. The number of ether oxygens (including phenoxy) is 1. The molecule has 0 radical (unpaired) electrons. The Hall–Kier alpha value is -1.10. The Labute approximate surface area is 131 Å². The highest BCUT2D eigenvalue weighted by Gasteiger charge is 2.21. The molecule has 2 rings (SSSR count). The van der Waals surface area contributed by atoms with E-state index in [-0.39, 0.29) is 5.91 Å². The second-order valence-corrected chi connectivity index (χ2v) is 6.14. The van der Waals surface area contributed by atoms with Crippen LogP contribution in [0.2, 0.25) is 5.02 Å². The van der Waals surface area contributed by atoms with E-state index in [1.54, 1.807) is 7.11 Å². The van der Waals surface area contributed by atoms with Crippen LogP contribution in [0.15, 0.2) is 18.2 Å². The highest BCUT2D eigenvalue weighted by molar-refractivity contribution is 6.33. The zero-order valence-corrected chi connectivity index (χ0v) is 13.4. The molecule has 0 saturated carbocycles. The van der Waals surface area contributed by atoms with Gasteiger partial charge in [0.15, 0.2) is 0 Å². The average Bonchev–Trinajstić information content (AvgIpc) is 2.43. The largest absolute Gasteiger partial charge is 0.384 e. The van der Waals surface area contributed by atoms with E-state index in [0.29, 0.717) is 23.2 Å². The van der Waals surface area contributed by atoms with Crippen molar-refractivity contribution in [3.63, 3.8) is 0 Å². The Kier molecular flexibility index (Phi) is 6.03. The van der Waals surface area contributed by atoms with Crippen LogP contribution in [0.5, 0.6) is 0 Å². The average molecular weight is 311 g/mol. The van der Waals surface area contributed by atoms with E-state index < -0.39 is 0 Å². The van der Waals surface area contributed by atoms with E-state index in [1.807, 2.05) is 25.1 Å². The molecular formula is C16H23ClN2O2. The maximum absolute atomic E-state index is 12.1. The number of nitrogens with one attached hydrogen (secondary N) is 1. The molecule has 1 aliphatic heterocycles. The molecule has 1 heterocycles. The van der Waals surface area contributed by atoms with E-state index >= 15 is 0 Å². The summed E-state index contributed by atoms with van der Waals surface area (Å²) in [5.74, 6) is 0.512. The van der Waals surface area contributed by atoms with Crippen molar-refractivity contribution in [3.05, 3.63) is 28.8 Å². The number of likely N-dealkylation sites (tertiary alicyclic amines) is 1. The lowest BCUT2D eigenvalue weighted by Crippen LogP contribution is -2.41. The van der Waals surface area contributed by atoms with Crippen LogP contribution in [0.25, 0.3) is 0 Å². The summed E-state index contributed by atoms with van der Waals surface area (Å²) >= 11 is 6.14. The van der Waals surface area contributed by atoms with Crippen LogP contribution in [0.4, 0.5) is 5.69 Å². The van der Waals surface area contributed by atoms with Gasteiger partial charge in [-0.15, -0.1) is 0 Å². The van der Waals surface area contributed by atoms with E-state index in [0.717, 1.165) is 31.7 Å². The van der Waals surface area contributed by atoms with Gasteiger partial charge < -0.3 is 10.1 Å². The number of methoxy groups -OCH3 is 1. The number of carbonyl (C=O) groups excluding carboxylic acids is 1. The molecule has 116 valence electrons. The Morgan fingerprint density at radius 1 is 1.52 bits per heavy atom. The first-order valence-electron chi connectivity index (χ1n) is 7.36. The second kappa shape index (κ2) is 7.78. The van der Waals surface area contributed by atoms with E-state index in [1.165, 1.54) is 6.42 Å². The molecule has 1 aromatic carbocycles. The minimum atomic E-state index is -0.0150. The second-order valence-electron chi connectivity index (χ2n) is 5.73. The van der Waals surface area contributed by atoms with E-state index in [9.17, 15) is 4.79 Å². The fourth-order valence-corrected chi connectivity index (χ4v) is 3.06. The van der Waals surface area contributed by atoms with Gasteiger partial charge in [0, 0.05) is 13.7 Å². The lowest BCUT2D eigenvalue weighted by Gasteiger charge is -2.31. The molecule has 1 aromatic rings. The monoisotopic (exact) mass is 310 g/mol. The zero-order valence-electron chi connectivity index (χ0n) is 12.7. The van der Waals surface area contributed by atoms with Gasteiger partial charge in [0.1, 0.15) is 0 Å². The molecular weight excluding hydrogens is 288 g/mol. The molecule has 1 saturated heterocycles. The molecule has 0 spiro atoms. The van der Waals surface area contributed by atoms with Crippen molar-refractivity contribution in [2.45, 2.75) is 19.8 Å². The van der Waals surface area contributed by atoms with Crippen molar-refractivity contribution in [2.75, 3.05) is 38.7 Å². The van der Waals surface area contributed by atoms with Gasteiger partial charge in [0.2, 0.25) is 5.91 Å². The Morgan fingerprint density at radius 2 is 2.33 bits per heavy atom. The zero-order chi connectivity index (χ0) is 15.2. The predicted molar refractivity (Wildman–Crippen MR) is 85.9 cm³/mol. The molecule has 0 bridgehead atoms. The summed E-state index contributed by atoms with van der Waals surface area (Å²) in [7, 11) is 1.73. The maximum Gasteiger partial charge on any atom is 0.238 e. The normalized spacial score (nSPS) is 19.5. The number of amides is 1. The number of hydrogen-bond donors (Lipinski definition) is 1. The topological polar surface area (TPSA) is 41.6 Å². The Bertz CT molecular complexity index is 491. The fraction of sp³-hybridized carbons (Fsp3) is 0.562. The van der Waals surface area contributed by atoms with Crippen molar-refractivity contribution < 1.29 is 9.53 Å². The Balaban J connectivity index is 1.86. The van der Waals surface area contributed by atoms with Crippen LogP contribution < -0.4 is 5.32 Å². The highest BCUT2D eigenvalue weighted by Crippen LogP contribution is 2.23. The molecule has 1 amide bonds. The Morgan fingerprint density at radius 3 is 3.05 bits per heavy atom. The van der Waals surface area contributed by atoms with Crippen LogP contribution in [0.3, 0.4) is 0 Å². The molecule has 1 N–H and O–H groups in total. The minimum Gasteiger partial charge on any atom is -0.384 e. The number of carbonyl (C=O) groups is 1. The van der Waals surface area contributed by atoms with Gasteiger partial charge in [-0.3, -0.25) is 9.69 Å². The third-order valence-electron chi connectivity index (χ3n) is 3.77. The number of rotatable bonds is 5. The lowest BCUT2D eigenvalue weighted by atomic mass is 9.99. The van der Waals surface area contributed by atoms with E-state index in [2.05, 4.69) is 10.2 Å². The molecule has 1 atom stereocenters. The van der Waals surface area contributed by atoms with Crippen LogP contribution in [-0.2, 0) is 9.53 Å². The predicted octanol–water partition coefficient (Wildman–Crippen LogP) is 2.95. The summed E-state index contributed by atoms with van der Waals surface area (Å²) < 4.78 is 5.21. The molecule has 1 fully saturated rings.